The van der Waals surface area contributed by atoms with Crippen molar-refractivity contribution in [2.24, 2.45) is 0 Å². The van der Waals surface area contributed by atoms with Crippen LogP contribution >= 0.6 is 0 Å². The molecule has 0 unspecified atom stereocenters. The minimum absolute atomic E-state index is 0.0746. The van der Waals surface area contributed by atoms with Gasteiger partial charge in [-0.25, -0.2) is 4.98 Å². The molecule has 1 atom stereocenters. The Morgan fingerprint density at radius 1 is 1.21 bits per heavy atom. The molecule has 6 rings (SSSR count). The maximum atomic E-state index is 12.8. The van der Waals surface area contributed by atoms with Gasteiger partial charge in [-0.2, -0.15) is 0 Å². The number of rotatable bonds is 4. The van der Waals surface area contributed by atoms with E-state index < -0.39 is 5.60 Å². The van der Waals surface area contributed by atoms with E-state index in [1.54, 1.807) is 18.7 Å². The number of morpholine rings is 1. The van der Waals surface area contributed by atoms with E-state index in [0.29, 0.717) is 32.2 Å². The number of fused-ring (bicyclic) bond motifs is 2. The number of ether oxygens (including phenoxy) is 1. The molecule has 3 aromatic rings. The summed E-state index contributed by atoms with van der Waals surface area (Å²) in [6.45, 7) is 6.35. The van der Waals surface area contributed by atoms with Crippen LogP contribution in [0, 0.1) is 0 Å². The van der Waals surface area contributed by atoms with Crippen molar-refractivity contribution in [1.82, 2.24) is 20.2 Å². The minimum atomic E-state index is -1.37. The lowest BCUT2D eigenvalue weighted by molar-refractivity contribution is -0.148. The lowest BCUT2D eigenvalue weighted by Gasteiger charge is -2.36. The highest BCUT2D eigenvalue weighted by molar-refractivity contribution is 5.86. The third-order valence-electron chi connectivity index (χ3n) is 7.40. The lowest BCUT2D eigenvalue weighted by atomic mass is 9.87. The Hall–Kier alpha value is -2.74. The van der Waals surface area contributed by atoms with Gasteiger partial charge in [-0.3, -0.25) is 4.79 Å². The van der Waals surface area contributed by atoms with Crippen LogP contribution in [0.4, 0.5) is 0 Å². The van der Waals surface area contributed by atoms with E-state index >= 15 is 0 Å². The molecule has 1 saturated carbocycles. The van der Waals surface area contributed by atoms with Gasteiger partial charge in [0.2, 0.25) is 0 Å². The van der Waals surface area contributed by atoms with Crippen molar-refractivity contribution in [3.63, 3.8) is 0 Å². The molecule has 7 heteroatoms. The number of benzene rings is 1. The van der Waals surface area contributed by atoms with Crippen molar-refractivity contribution in [1.29, 1.82) is 0 Å². The summed E-state index contributed by atoms with van der Waals surface area (Å²) in [6.07, 6.45) is 7.35. The van der Waals surface area contributed by atoms with Crippen LogP contribution in [0.5, 0.6) is 0 Å². The van der Waals surface area contributed by atoms with Crippen LogP contribution in [-0.4, -0.2) is 57.8 Å². The molecule has 2 aromatic heterocycles. The Bertz CT molecular complexity index is 1250. The van der Waals surface area contributed by atoms with Gasteiger partial charge in [0.25, 0.3) is 5.91 Å². The second-order valence-electron chi connectivity index (χ2n) is 10.5. The van der Waals surface area contributed by atoms with Crippen LogP contribution in [0.15, 0.2) is 30.6 Å². The van der Waals surface area contributed by atoms with Gasteiger partial charge in [-0.15, -0.1) is 0 Å². The number of hydrogen-bond acceptors (Lipinski definition) is 5. The standard InChI is InChI=1S/C27H32N4O3/c1-27(2,33)26(32)31-7-5-17-9-18(10-20(23(17)14-31)24-15-34-8-6-28-24)19-11-21-22(16-3-4-16)13-30-25(21)29-12-19/h9-13,16,24,28,33H,3-8,14-15H2,1-2H3,(H,29,30)/t24-/m0/s1. The highest BCUT2D eigenvalue weighted by Gasteiger charge is 2.33. The van der Waals surface area contributed by atoms with E-state index in [1.165, 1.54) is 40.5 Å². The zero-order valence-corrected chi connectivity index (χ0v) is 19.9. The van der Waals surface area contributed by atoms with E-state index in [1.807, 2.05) is 6.20 Å². The smallest absolute Gasteiger partial charge is 0.254 e. The minimum Gasteiger partial charge on any atom is -0.381 e. The maximum Gasteiger partial charge on any atom is 0.254 e. The first kappa shape index (κ1) is 21.8. The van der Waals surface area contributed by atoms with Crippen LogP contribution in [0.2, 0.25) is 0 Å². The predicted octanol–water partition coefficient (Wildman–Crippen LogP) is 3.42. The number of pyridine rings is 1. The van der Waals surface area contributed by atoms with Crippen molar-refractivity contribution in [2.75, 3.05) is 26.3 Å². The molecule has 34 heavy (non-hydrogen) atoms. The molecule has 1 aromatic carbocycles. The number of hydrogen-bond donors (Lipinski definition) is 3. The molecular weight excluding hydrogens is 428 g/mol. The zero-order valence-electron chi connectivity index (χ0n) is 19.9. The molecule has 1 saturated heterocycles. The summed E-state index contributed by atoms with van der Waals surface area (Å²) >= 11 is 0. The molecule has 7 nitrogen and oxygen atoms in total. The molecule has 0 spiro atoms. The molecule has 2 aliphatic heterocycles. The quantitative estimate of drug-likeness (QED) is 0.555. The number of nitrogens with one attached hydrogen (secondary N) is 2. The fraction of sp³-hybridized carbons (Fsp3) is 0.481. The SMILES string of the molecule is CC(C)(O)C(=O)N1CCc2cc(-c3cnc4[nH]cc(C5CC5)c4c3)cc([C@@H]3COCCN3)c2C1. The number of nitrogens with zero attached hydrogens (tertiary/aromatic N) is 2. The number of amides is 1. The summed E-state index contributed by atoms with van der Waals surface area (Å²) in [7, 11) is 0. The largest absolute Gasteiger partial charge is 0.381 e. The molecule has 1 aliphatic carbocycles. The van der Waals surface area contributed by atoms with Gasteiger partial charge in [0.05, 0.1) is 19.3 Å². The summed E-state index contributed by atoms with van der Waals surface area (Å²) in [4.78, 5) is 22.7. The Balaban J connectivity index is 1.42. The summed E-state index contributed by atoms with van der Waals surface area (Å²) in [5.74, 6) is 0.434. The average molecular weight is 461 g/mol. The highest BCUT2D eigenvalue weighted by Crippen LogP contribution is 2.43. The first-order valence-electron chi connectivity index (χ1n) is 12.3. The van der Waals surface area contributed by atoms with Crippen molar-refractivity contribution in [3.8, 4) is 11.1 Å². The van der Waals surface area contributed by atoms with Crippen molar-refractivity contribution >= 4 is 16.9 Å². The van der Waals surface area contributed by atoms with Crippen LogP contribution in [0.25, 0.3) is 22.2 Å². The fourth-order valence-corrected chi connectivity index (χ4v) is 5.41. The van der Waals surface area contributed by atoms with Gasteiger partial charge in [0, 0.05) is 43.0 Å². The van der Waals surface area contributed by atoms with Gasteiger partial charge in [-0.05, 0) is 79.0 Å². The normalized spacial score (nSPS) is 21.0. The van der Waals surface area contributed by atoms with Crippen LogP contribution in [0.3, 0.4) is 0 Å². The molecule has 178 valence electrons. The Morgan fingerprint density at radius 3 is 2.79 bits per heavy atom. The molecule has 4 heterocycles. The topological polar surface area (TPSA) is 90.5 Å². The molecule has 3 N–H and O–H groups in total. The summed E-state index contributed by atoms with van der Waals surface area (Å²) in [5.41, 5.74) is 6.84. The van der Waals surface area contributed by atoms with E-state index in [4.69, 9.17) is 9.72 Å². The number of H-pyrrole nitrogens is 1. The predicted molar refractivity (Wildman–Crippen MR) is 130 cm³/mol. The number of carbonyl (C=O) groups is 1. The van der Waals surface area contributed by atoms with E-state index in [0.717, 1.165) is 29.7 Å². The second kappa shape index (κ2) is 8.18. The second-order valence-corrected chi connectivity index (χ2v) is 10.5. The van der Waals surface area contributed by atoms with Gasteiger partial charge in [0.1, 0.15) is 11.2 Å². The van der Waals surface area contributed by atoms with Gasteiger partial charge >= 0.3 is 0 Å². The Labute approximate surface area is 199 Å². The third-order valence-corrected chi connectivity index (χ3v) is 7.40. The number of aliphatic hydroxyl groups is 1. The summed E-state index contributed by atoms with van der Waals surface area (Å²) < 4.78 is 5.80. The van der Waals surface area contributed by atoms with Gasteiger partial charge < -0.3 is 25.0 Å². The number of carbonyl (C=O) groups excluding carboxylic acids is 1. The van der Waals surface area contributed by atoms with Crippen molar-refractivity contribution in [3.05, 3.63) is 52.8 Å². The lowest BCUT2D eigenvalue weighted by Crippen LogP contribution is -2.47. The van der Waals surface area contributed by atoms with Gasteiger partial charge in [0.15, 0.2) is 0 Å². The Morgan fingerprint density at radius 2 is 2.06 bits per heavy atom. The molecule has 3 aliphatic rings. The summed E-state index contributed by atoms with van der Waals surface area (Å²) in [6, 6.07) is 6.86. The zero-order chi connectivity index (χ0) is 23.4. The van der Waals surface area contributed by atoms with Crippen molar-refractivity contribution < 1.29 is 14.6 Å². The van der Waals surface area contributed by atoms with E-state index in [9.17, 15) is 9.90 Å². The first-order valence-corrected chi connectivity index (χ1v) is 12.3. The Kier molecular flexibility index (Phi) is 5.24. The van der Waals surface area contributed by atoms with Crippen LogP contribution in [-0.2, 0) is 22.5 Å². The average Bonchev–Trinajstić information content (AvgIpc) is 3.61. The van der Waals surface area contributed by atoms with Crippen molar-refractivity contribution in [2.45, 2.75) is 57.2 Å². The molecule has 0 bridgehead atoms. The molecule has 1 amide bonds. The van der Waals surface area contributed by atoms with Crippen LogP contribution in [0.1, 0.15) is 60.9 Å². The van der Waals surface area contributed by atoms with Gasteiger partial charge in [-0.1, -0.05) is 6.07 Å². The first-order chi connectivity index (χ1) is 16.4. The molecule has 2 fully saturated rings. The molecule has 0 radical (unpaired) electrons. The highest BCUT2D eigenvalue weighted by atomic mass is 16.5. The van der Waals surface area contributed by atoms with E-state index in [-0.39, 0.29) is 11.9 Å². The molecular formula is C27H32N4O3. The summed E-state index contributed by atoms with van der Waals surface area (Å²) in [5, 5.41) is 15.1. The van der Waals surface area contributed by atoms with Crippen LogP contribution < -0.4 is 5.32 Å². The maximum absolute atomic E-state index is 12.8. The number of aromatic nitrogens is 2. The fourth-order valence-electron chi connectivity index (χ4n) is 5.41. The third kappa shape index (κ3) is 3.91. The monoisotopic (exact) mass is 460 g/mol. The number of aromatic amines is 1. The van der Waals surface area contributed by atoms with E-state index in [2.05, 4.69) is 34.7 Å².